The predicted molar refractivity (Wildman–Crippen MR) is 72.1 cm³/mol. The molecule has 3 N–H and O–H groups in total. The molecule has 0 spiro atoms. The monoisotopic (exact) mass is 294 g/mol. The summed E-state index contributed by atoms with van der Waals surface area (Å²) < 4.78 is 25.6. The molecule has 2 aromatic rings. The number of aromatic amines is 1. The van der Waals surface area contributed by atoms with E-state index in [4.69, 9.17) is 0 Å². The SMILES string of the molecule is O=C(CNS(=O)(=O)c1ccn[nH]1)NCc1ccccc1. The van der Waals surface area contributed by atoms with Gasteiger partial charge in [0.15, 0.2) is 5.03 Å². The first-order valence-corrected chi connectivity index (χ1v) is 7.36. The highest BCUT2D eigenvalue weighted by Crippen LogP contribution is 2.01. The van der Waals surface area contributed by atoms with E-state index >= 15 is 0 Å². The zero-order valence-electron chi connectivity index (χ0n) is 10.5. The van der Waals surface area contributed by atoms with Crippen LogP contribution in [-0.2, 0) is 21.4 Å². The molecular weight excluding hydrogens is 280 g/mol. The highest BCUT2D eigenvalue weighted by atomic mass is 32.2. The normalized spacial score (nSPS) is 11.2. The first-order chi connectivity index (χ1) is 9.58. The molecule has 2 rings (SSSR count). The second-order valence-electron chi connectivity index (χ2n) is 4.01. The number of rotatable bonds is 6. The van der Waals surface area contributed by atoms with Crippen LogP contribution in [0.4, 0.5) is 0 Å². The Morgan fingerprint density at radius 1 is 1.20 bits per heavy atom. The number of carbonyl (C=O) groups is 1. The van der Waals surface area contributed by atoms with Crippen molar-refractivity contribution in [1.82, 2.24) is 20.2 Å². The van der Waals surface area contributed by atoms with Crippen LogP contribution < -0.4 is 10.0 Å². The maximum atomic E-state index is 11.7. The van der Waals surface area contributed by atoms with Gasteiger partial charge in [0.25, 0.3) is 10.0 Å². The summed E-state index contributed by atoms with van der Waals surface area (Å²) in [4.78, 5) is 11.6. The summed E-state index contributed by atoms with van der Waals surface area (Å²) in [5.74, 6) is -0.406. The third kappa shape index (κ3) is 3.90. The Kier molecular flexibility index (Phi) is 4.49. The van der Waals surface area contributed by atoms with Crippen molar-refractivity contribution >= 4 is 15.9 Å². The minimum absolute atomic E-state index is 0.0756. The molecule has 0 aliphatic carbocycles. The lowest BCUT2D eigenvalue weighted by molar-refractivity contribution is -0.120. The molecular formula is C12H14N4O3S. The van der Waals surface area contributed by atoms with Crippen LogP contribution in [0.25, 0.3) is 0 Å². The van der Waals surface area contributed by atoms with E-state index in [0.29, 0.717) is 6.54 Å². The van der Waals surface area contributed by atoms with Crippen molar-refractivity contribution in [2.75, 3.05) is 6.54 Å². The molecule has 0 bridgehead atoms. The van der Waals surface area contributed by atoms with Crippen molar-refractivity contribution in [3.05, 3.63) is 48.2 Å². The molecule has 1 heterocycles. The van der Waals surface area contributed by atoms with Gasteiger partial charge in [0.2, 0.25) is 5.91 Å². The Labute approximate surface area is 116 Å². The first-order valence-electron chi connectivity index (χ1n) is 5.87. The highest BCUT2D eigenvalue weighted by molar-refractivity contribution is 7.89. The van der Waals surface area contributed by atoms with Crippen LogP contribution in [-0.4, -0.2) is 31.1 Å². The average molecular weight is 294 g/mol. The van der Waals surface area contributed by atoms with Gasteiger partial charge in [0, 0.05) is 6.54 Å². The molecule has 0 aliphatic rings. The number of nitrogens with one attached hydrogen (secondary N) is 3. The molecule has 0 saturated heterocycles. The van der Waals surface area contributed by atoms with Crippen LogP contribution in [0.5, 0.6) is 0 Å². The molecule has 0 unspecified atom stereocenters. The molecule has 1 aromatic heterocycles. The maximum Gasteiger partial charge on any atom is 0.257 e. The second-order valence-corrected chi connectivity index (χ2v) is 5.74. The van der Waals surface area contributed by atoms with Crippen molar-refractivity contribution in [1.29, 1.82) is 0 Å². The van der Waals surface area contributed by atoms with E-state index in [1.165, 1.54) is 12.3 Å². The van der Waals surface area contributed by atoms with Gasteiger partial charge in [-0.2, -0.15) is 5.10 Å². The van der Waals surface area contributed by atoms with Gasteiger partial charge in [0.1, 0.15) is 0 Å². The van der Waals surface area contributed by atoms with Crippen LogP contribution >= 0.6 is 0 Å². The highest BCUT2D eigenvalue weighted by Gasteiger charge is 2.16. The van der Waals surface area contributed by atoms with E-state index in [9.17, 15) is 13.2 Å². The lowest BCUT2D eigenvalue weighted by atomic mass is 10.2. The zero-order chi connectivity index (χ0) is 14.4. The topological polar surface area (TPSA) is 104 Å². The predicted octanol–water partition coefficient (Wildman–Crippen LogP) is 0.00440. The minimum Gasteiger partial charge on any atom is -0.351 e. The van der Waals surface area contributed by atoms with Crippen molar-refractivity contribution in [3.8, 4) is 0 Å². The van der Waals surface area contributed by atoms with E-state index < -0.39 is 15.9 Å². The summed E-state index contributed by atoms with van der Waals surface area (Å²) in [6, 6.07) is 10.7. The third-order valence-corrected chi connectivity index (χ3v) is 3.85. The molecule has 0 aliphatic heterocycles. The largest absolute Gasteiger partial charge is 0.351 e. The lowest BCUT2D eigenvalue weighted by Gasteiger charge is -2.06. The van der Waals surface area contributed by atoms with E-state index in [0.717, 1.165) is 5.56 Å². The van der Waals surface area contributed by atoms with Crippen LogP contribution in [0.2, 0.25) is 0 Å². The lowest BCUT2D eigenvalue weighted by Crippen LogP contribution is -2.36. The standard InChI is InChI=1S/C12H14N4O3S/c17-11(13-8-10-4-2-1-3-5-10)9-15-20(18,19)12-6-7-14-16-12/h1-7,15H,8-9H2,(H,13,17)(H,14,16). The smallest absolute Gasteiger partial charge is 0.257 e. The van der Waals surface area contributed by atoms with Gasteiger partial charge in [-0.15, -0.1) is 0 Å². The van der Waals surface area contributed by atoms with Crippen molar-refractivity contribution in [3.63, 3.8) is 0 Å². The molecule has 1 amide bonds. The van der Waals surface area contributed by atoms with Gasteiger partial charge in [-0.3, -0.25) is 9.89 Å². The Balaban J connectivity index is 1.81. The minimum atomic E-state index is -3.72. The van der Waals surface area contributed by atoms with E-state index in [-0.39, 0.29) is 11.6 Å². The van der Waals surface area contributed by atoms with E-state index in [2.05, 4.69) is 20.2 Å². The molecule has 1 aromatic carbocycles. The number of hydrogen-bond donors (Lipinski definition) is 3. The Morgan fingerprint density at radius 3 is 2.60 bits per heavy atom. The summed E-state index contributed by atoms with van der Waals surface area (Å²) in [5, 5.41) is 8.42. The Hall–Kier alpha value is -2.19. The number of sulfonamides is 1. The fraction of sp³-hybridized carbons (Fsp3) is 0.167. The second kappa shape index (κ2) is 6.31. The molecule has 0 radical (unpaired) electrons. The van der Waals surface area contributed by atoms with E-state index in [1.807, 2.05) is 30.3 Å². The third-order valence-electron chi connectivity index (χ3n) is 2.52. The summed E-state index contributed by atoms with van der Waals surface area (Å²) in [5.41, 5.74) is 0.942. The Bertz CT molecular complexity index is 653. The molecule has 106 valence electrons. The summed E-state index contributed by atoms with van der Waals surface area (Å²) >= 11 is 0. The number of benzene rings is 1. The van der Waals surface area contributed by atoms with Gasteiger partial charge in [0.05, 0.1) is 12.7 Å². The zero-order valence-corrected chi connectivity index (χ0v) is 11.4. The van der Waals surface area contributed by atoms with Crippen molar-refractivity contribution < 1.29 is 13.2 Å². The summed E-state index contributed by atoms with van der Waals surface area (Å²) in [6.07, 6.45) is 1.32. The van der Waals surface area contributed by atoms with Gasteiger partial charge >= 0.3 is 0 Å². The van der Waals surface area contributed by atoms with Crippen molar-refractivity contribution in [2.24, 2.45) is 0 Å². The molecule has 8 heteroatoms. The fourth-order valence-corrected chi connectivity index (χ4v) is 2.38. The molecule has 0 fully saturated rings. The number of aromatic nitrogens is 2. The van der Waals surface area contributed by atoms with E-state index in [1.54, 1.807) is 0 Å². The Morgan fingerprint density at radius 2 is 1.95 bits per heavy atom. The maximum absolute atomic E-state index is 11.7. The van der Waals surface area contributed by atoms with Crippen LogP contribution in [0.15, 0.2) is 47.6 Å². The van der Waals surface area contributed by atoms with Gasteiger partial charge in [-0.1, -0.05) is 30.3 Å². The number of hydrogen-bond acceptors (Lipinski definition) is 4. The fourth-order valence-electron chi connectivity index (χ4n) is 1.49. The number of H-pyrrole nitrogens is 1. The van der Waals surface area contributed by atoms with Crippen LogP contribution in [0.1, 0.15) is 5.56 Å². The van der Waals surface area contributed by atoms with Crippen molar-refractivity contribution in [2.45, 2.75) is 11.6 Å². The van der Waals surface area contributed by atoms with Gasteiger partial charge in [-0.25, -0.2) is 13.1 Å². The molecule has 0 atom stereocenters. The molecule has 0 saturated carbocycles. The number of carbonyl (C=O) groups excluding carboxylic acids is 1. The molecule has 7 nitrogen and oxygen atoms in total. The number of nitrogens with zero attached hydrogens (tertiary/aromatic N) is 1. The average Bonchev–Trinajstić information content (AvgIpc) is 2.99. The summed E-state index contributed by atoms with van der Waals surface area (Å²) in [7, 11) is -3.72. The van der Waals surface area contributed by atoms with Gasteiger partial charge < -0.3 is 5.32 Å². The van der Waals surface area contributed by atoms with Crippen LogP contribution in [0, 0.1) is 0 Å². The van der Waals surface area contributed by atoms with Crippen LogP contribution in [0.3, 0.4) is 0 Å². The number of amides is 1. The van der Waals surface area contributed by atoms with Gasteiger partial charge in [-0.05, 0) is 11.6 Å². The summed E-state index contributed by atoms with van der Waals surface area (Å²) in [6.45, 7) is 0.0274. The first kappa shape index (κ1) is 14.2. The molecule has 20 heavy (non-hydrogen) atoms. The quantitative estimate of drug-likeness (QED) is 0.697.